The molecule has 14 heavy (non-hydrogen) atoms. The number of hydrogen-bond donors (Lipinski definition) is 0. The molecule has 0 rings (SSSR count). The van der Waals surface area contributed by atoms with E-state index in [-0.39, 0.29) is 6.29 Å². The van der Waals surface area contributed by atoms with Gasteiger partial charge in [0.25, 0.3) is 0 Å². The highest BCUT2D eigenvalue weighted by atomic mass is 79.9. The standard InChI is InChI=1S/C11H19BrO2/c1-4-6-7-10(3)9-14-11(8-12)13-5-2/h4,11H,1,3,5-9H2,2H3. The maximum absolute atomic E-state index is 5.49. The highest BCUT2D eigenvalue weighted by Crippen LogP contribution is 2.07. The van der Waals surface area contributed by atoms with Crippen molar-refractivity contribution in [1.82, 2.24) is 0 Å². The summed E-state index contributed by atoms with van der Waals surface area (Å²) < 4.78 is 10.8. The van der Waals surface area contributed by atoms with E-state index in [4.69, 9.17) is 9.47 Å². The van der Waals surface area contributed by atoms with E-state index >= 15 is 0 Å². The largest absolute Gasteiger partial charge is 0.352 e. The molecule has 0 aromatic heterocycles. The third kappa shape index (κ3) is 7.30. The second kappa shape index (κ2) is 9.44. The van der Waals surface area contributed by atoms with Crippen LogP contribution in [0.25, 0.3) is 0 Å². The van der Waals surface area contributed by atoms with Gasteiger partial charge in [0.15, 0.2) is 6.29 Å². The first-order chi connectivity index (χ1) is 6.74. The molecule has 2 nitrogen and oxygen atoms in total. The van der Waals surface area contributed by atoms with E-state index in [9.17, 15) is 0 Å². The van der Waals surface area contributed by atoms with Crippen LogP contribution in [0.15, 0.2) is 24.8 Å². The van der Waals surface area contributed by atoms with E-state index < -0.39 is 0 Å². The van der Waals surface area contributed by atoms with Crippen molar-refractivity contribution in [2.24, 2.45) is 0 Å². The summed E-state index contributed by atoms with van der Waals surface area (Å²) in [5.74, 6) is 0. The van der Waals surface area contributed by atoms with Crippen LogP contribution in [0.4, 0.5) is 0 Å². The molecule has 0 aromatic rings. The zero-order valence-corrected chi connectivity index (χ0v) is 10.4. The molecule has 1 unspecified atom stereocenters. The Morgan fingerprint density at radius 3 is 2.71 bits per heavy atom. The average Bonchev–Trinajstić information content (AvgIpc) is 2.21. The fourth-order valence-electron chi connectivity index (χ4n) is 0.912. The molecule has 0 radical (unpaired) electrons. The first kappa shape index (κ1) is 13.9. The predicted octanol–water partition coefficient (Wildman–Crippen LogP) is 3.28. The SMILES string of the molecule is C=CCCC(=C)COC(CBr)OCC. The Bertz CT molecular complexity index is 169. The van der Waals surface area contributed by atoms with E-state index in [0.29, 0.717) is 18.5 Å². The average molecular weight is 263 g/mol. The monoisotopic (exact) mass is 262 g/mol. The lowest BCUT2D eigenvalue weighted by Gasteiger charge is -2.15. The van der Waals surface area contributed by atoms with Gasteiger partial charge in [-0.05, 0) is 19.8 Å². The second-order valence-corrected chi connectivity index (χ2v) is 3.58. The summed E-state index contributed by atoms with van der Waals surface area (Å²) in [6.45, 7) is 10.7. The van der Waals surface area contributed by atoms with E-state index in [2.05, 4.69) is 29.1 Å². The van der Waals surface area contributed by atoms with Crippen LogP contribution in [0, 0.1) is 0 Å². The highest BCUT2D eigenvalue weighted by molar-refractivity contribution is 9.09. The minimum atomic E-state index is -0.166. The Balaban J connectivity index is 3.56. The smallest absolute Gasteiger partial charge is 0.167 e. The summed E-state index contributed by atoms with van der Waals surface area (Å²) in [6, 6.07) is 0. The van der Waals surface area contributed by atoms with E-state index in [1.165, 1.54) is 0 Å². The Morgan fingerprint density at radius 1 is 1.50 bits per heavy atom. The van der Waals surface area contributed by atoms with Gasteiger partial charge in [0, 0.05) is 6.61 Å². The second-order valence-electron chi connectivity index (χ2n) is 2.93. The molecular formula is C11H19BrO2. The molecular weight excluding hydrogens is 244 g/mol. The number of hydrogen-bond acceptors (Lipinski definition) is 2. The molecule has 0 bridgehead atoms. The maximum Gasteiger partial charge on any atom is 0.167 e. The fraction of sp³-hybridized carbons (Fsp3) is 0.636. The van der Waals surface area contributed by atoms with Gasteiger partial charge in [-0.15, -0.1) is 6.58 Å². The summed E-state index contributed by atoms with van der Waals surface area (Å²) in [4.78, 5) is 0. The third-order valence-electron chi connectivity index (χ3n) is 1.65. The van der Waals surface area contributed by atoms with Crippen LogP contribution in [-0.4, -0.2) is 24.8 Å². The molecule has 0 saturated carbocycles. The fourth-order valence-corrected chi connectivity index (χ4v) is 1.29. The molecule has 0 spiro atoms. The molecule has 0 amide bonds. The van der Waals surface area contributed by atoms with Crippen molar-refractivity contribution in [3.05, 3.63) is 24.8 Å². The van der Waals surface area contributed by atoms with Gasteiger partial charge in [-0.1, -0.05) is 34.2 Å². The molecule has 0 aromatic carbocycles. The maximum atomic E-state index is 5.49. The normalized spacial score (nSPS) is 12.4. The highest BCUT2D eigenvalue weighted by Gasteiger charge is 2.06. The molecule has 0 aliphatic carbocycles. The lowest BCUT2D eigenvalue weighted by molar-refractivity contribution is -0.116. The van der Waals surface area contributed by atoms with Crippen molar-refractivity contribution in [2.75, 3.05) is 18.5 Å². The molecule has 3 heteroatoms. The number of halogens is 1. The minimum absolute atomic E-state index is 0.166. The van der Waals surface area contributed by atoms with Crippen LogP contribution in [-0.2, 0) is 9.47 Å². The van der Waals surface area contributed by atoms with Crippen LogP contribution >= 0.6 is 15.9 Å². The molecule has 0 heterocycles. The molecule has 0 fully saturated rings. The van der Waals surface area contributed by atoms with Gasteiger partial charge in [0.05, 0.1) is 11.9 Å². The van der Waals surface area contributed by atoms with Crippen molar-refractivity contribution in [3.8, 4) is 0 Å². The quantitative estimate of drug-likeness (QED) is 0.361. The van der Waals surface area contributed by atoms with Gasteiger partial charge >= 0.3 is 0 Å². The topological polar surface area (TPSA) is 18.5 Å². The minimum Gasteiger partial charge on any atom is -0.352 e. The van der Waals surface area contributed by atoms with Gasteiger partial charge in [-0.2, -0.15) is 0 Å². The number of alkyl halides is 1. The zero-order chi connectivity index (χ0) is 10.8. The zero-order valence-electron chi connectivity index (χ0n) is 8.80. The Hall–Kier alpha value is -0.120. The number of ether oxygens (including phenoxy) is 2. The van der Waals surface area contributed by atoms with E-state index in [1.807, 2.05) is 13.0 Å². The van der Waals surface area contributed by atoms with Crippen molar-refractivity contribution in [3.63, 3.8) is 0 Å². The van der Waals surface area contributed by atoms with Crippen molar-refractivity contribution < 1.29 is 9.47 Å². The Morgan fingerprint density at radius 2 is 2.21 bits per heavy atom. The van der Waals surface area contributed by atoms with Crippen LogP contribution in [0.5, 0.6) is 0 Å². The lowest BCUT2D eigenvalue weighted by atomic mass is 10.2. The molecule has 0 aliphatic heterocycles. The predicted molar refractivity (Wildman–Crippen MR) is 63.7 cm³/mol. The van der Waals surface area contributed by atoms with Crippen LogP contribution in [0.1, 0.15) is 19.8 Å². The van der Waals surface area contributed by atoms with Crippen LogP contribution < -0.4 is 0 Å². The van der Waals surface area contributed by atoms with Gasteiger partial charge in [-0.25, -0.2) is 0 Å². The van der Waals surface area contributed by atoms with Gasteiger partial charge in [-0.3, -0.25) is 0 Å². The van der Waals surface area contributed by atoms with Crippen molar-refractivity contribution >= 4 is 15.9 Å². The Kier molecular flexibility index (Phi) is 9.35. The summed E-state index contributed by atoms with van der Waals surface area (Å²) in [5.41, 5.74) is 1.08. The van der Waals surface area contributed by atoms with Gasteiger partial charge < -0.3 is 9.47 Å². The van der Waals surface area contributed by atoms with Crippen molar-refractivity contribution in [1.29, 1.82) is 0 Å². The summed E-state index contributed by atoms with van der Waals surface area (Å²) in [5, 5.41) is 0.690. The van der Waals surface area contributed by atoms with Gasteiger partial charge in [0.1, 0.15) is 0 Å². The molecule has 82 valence electrons. The number of rotatable bonds is 9. The summed E-state index contributed by atoms with van der Waals surface area (Å²) in [6.07, 6.45) is 3.61. The first-order valence-electron chi connectivity index (χ1n) is 4.81. The summed E-state index contributed by atoms with van der Waals surface area (Å²) >= 11 is 3.32. The summed E-state index contributed by atoms with van der Waals surface area (Å²) in [7, 11) is 0. The van der Waals surface area contributed by atoms with Crippen LogP contribution in [0.2, 0.25) is 0 Å². The lowest BCUT2D eigenvalue weighted by Crippen LogP contribution is -2.19. The third-order valence-corrected chi connectivity index (χ3v) is 2.18. The molecule has 0 saturated heterocycles. The van der Waals surface area contributed by atoms with Crippen molar-refractivity contribution in [2.45, 2.75) is 26.1 Å². The Labute approximate surface area is 95.1 Å². The van der Waals surface area contributed by atoms with E-state index in [1.54, 1.807) is 0 Å². The number of allylic oxidation sites excluding steroid dienone is 1. The van der Waals surface area contributed by atoms with E-state index in [0.717, 1.165) is 18.4 Å². The molecule has 1 atom stereocenters. The molecule has 0 N–H and O–H groups in total. The van der Waals surface area contributed by atoms with Gasteiger partial charge in [0.2, 0.25) is 0 Å². The molecule has 0 aliphatic rings. The first-order valence-corrected chi connectivity index (χ1v) is 5.93. The van der Waals surface area contributed by atoms with Crippen LogP contribution in [0.3, 0.4) is 0 Å².